The predicted octanol–water partition coefficient (Wildman–Crippen LogP) is 2.96. The van der Waals surface area contributed by atoms with E-state index in [1.165, 1.54) is 22.2 Å². The third kappa shape index (κ3) is 2.60. The van der Waals surface area contributed by atoms with E-state index in [-0.39, 0.29) is 0 Å². The van der Waals surface area contributed by atoms with Gasteiger partial charge in [0.2, 0.25) is 0 Å². The van der Waals surface area contributed by atoms with E-state index < -0.39 is 0 Å². The maximum absolute atomic E-state index is 4.27. The molecule has 3 aromatic rings. The second-order valence-electron chi connectivity index (χ2n) is 4.31. The van der Waals surface area contributed by atoms with Crippen molar-refractivity contribution in [2.45, 2.75) is 13.0 Å². The SMILES string of the molecule is c1cc2cc(CNCCc3cscn3)ccc2[nH]1. The third-order valence-corrected chi connectivity index (χ3v) is 3.62. The van der Waals surface area contributed by atoms with Gasteiger partial charge in [-0.15, -0.1) is 11.3 Å². The third-order valence-electron chi connectivity index (χ3n) is 2.99. The normalized spacial score (nSPS) is 11.1. The zero-order valence-electron chi connectivity index (χ0n) is 10.0. The second-order valence-corrected chi connectivity index (χ2v) is 5.02. The van der Waals surface area contributed by atoms with Crippen molar-refractivity contribution in [2.24, 2.45) is 0 Å². The van der Waals surface area contributed by atoms with Crippen molar-refractivity contribution < 1.29 is 0 Å². The number of nitrogens with one attached hydrogen (secondary N) is 2. The Morgan fingerprint density at radius 2 is 2.28 bits per heavy atom. The van der Waals surface area contributed by atoms with Crippen LogP contribution in [0.5, 0.6) is 0 Å². The van der Waals surface area contributed by atoms with Crippen molar-refractivity contribution >= 4 is 22.2 Å². The van der Waals surface area contributed by atoms with Gasteiger partial charge in [0, 0.05) is 36.6 Å². The smallest absolute Gasteiger partial charge is 0.0794 e. The molecule has 18 heavy (non-hydrogen) atoms. The Hall–Kier alpha value is -1.65. The largest absolute Gasteiger partial charge is 0.361 e. The van der Waals surface area contributed by atoms with Gasteiger partial charge in [-0.25, -0.2) is 4.98 Å². The summed E-state index contributed by atoms with van der Waals surface area (Å²) in [5.41, 5.74) is 5.57. The number of hydrogen-bond acceptors (Lipinski definition) is 3. The maximum Gasteiger partial charge on any atom is 0.0794 e. The minimum Gasteiger partial charge on any atom is -0.361 e. The number of nitrogens with zero attached hydrogens (tertiary/aromatic N) is 1. The van der Waals surface area contributed by atoms with Crippen LogP contribution < -0.4 is 5.32 Å². The average Bonchev–Trinajstić information content (AvgIpc) is 3.05. The molecular formula is C14H15N3S. The number of rotatable bonds is 5. The summed E-state index contributed by atoms with van der Waals surface area (Å²) < 4.78 is 0. The molecule has 92 valence electrons. The molecule has 0 atom stereocenters. The molecule has 0 amide bonds. The quantitative estimate of drug-likeness (QED) is 0.690. The second kappa shape index (κ2) is 5.33. The minimum absolute atomic E-state index is 0.908. The van der Waals surface area contributed by atoms with Gasteiger partial charge in [0.05, 0.1) is 11.2 Å². The van der Waals surface area contributed by atoms with Crippen LogP contribution in [0.4, 0.5) is 0 Å². The summed E-state index contributed by atoms with van der Waals surface area (Å²) >= 11 is 1.65. The highest BCUT2D eigenvalue weighted by atomic mass is 32.1. The fraction of sp³-hybridized carbons (Fsp3) is 0.214. The van der Waals surface area contributed by atoms with Crippen molar-refractivity contribution in [1.29, 1.82) is 0 Å². The molecule has 0 aliphatic rings. The van der Waals surface area contributed by atoms with Crippen LogP contribution in [0, 0.1) is 0 Å². The summed E-state index contributed by atoms with van der Waals surface area (Å²) in [4.78, 5) is 7.47. The molecule has 2 heterocycles. The Morgan fingerprint density at radius 3 is 3.17 bits per heavy atom. The fourth-order valence-electron chi connectivity index (χ4n) is 2.02. The molecule has 3 nitrogen and oxygen atoms in total. The van der Waals surface area contributed by atoms with Gasteiger partial charge in [-0.2, -0.15) is 0 Å². The summed E-state index contributed by atoms with van der Waals surface area (Å²) in [5, 5.41) is 6.83. The first-order valence-electron chi connectivity index (χ1n) is 6.05. The van der Waals surface area contributed by atoms with Crippen LogP contribution >= 0.6 is 11.3 Å². The number of aromatic amines is 1. The number of hydrogen-bond donors (Lipinski definition) is 2. The fourth-order valence-corrected chi connectivity index (χ4v) is 2.62. The van der Waals surface area contributed by atoms with Crippen LogP contribution in [-0.4, -0.2) is 16.5 Å². The molecule has 0 spiro atoms. The van der Waals surface area contributed by atoms with Crippen molar-refractivity contribution in [3.05, 3.63) is 52.6 Å². The Morgan fingerprint density at radius 1 is 1.28 bits per heavy atom. The van der Waals surface area contributed by atoms with E-state index in [4.69, 9.17) is 0 Å². The minimum atomic E-state index is 0.908. The van der Waals surface area contributed by atoms with Gasteiger partial charge in [0.25, 0.3) is 0 Å². The maximum atomic E-state index is 4.27. The van der Waals surface area contributed by atoms with Crippen molar-refractivity contribution in [1.82, 2.24) is 15.3 Å². The lowest BCUT2D eigenvalue weighted by atomic mass is 10.1. The van der Waals surface area contributed by atoms with E-state index in [2.05, 4.69) is 44.9 Å². The Kier molecular flexibility index (Phi) is 3.39. The van der Waals surface area contributed by atoms with E-state index >= 15 is 0 Å². The first-order chi connectivity index (χ1) is 8.92. The Bertz CT molecular complexity index is 613. The highest BCUT2D eigenvalue weighted by molar-refractivity contribution is 7.07. The summed E-state index contributed by atoms with van der Waals surface area (Å²) in [5.74, 6) is 0. The Balaban J connectivity index is 1.53. The molecule has 0 saturated heterocycles. The first kappa shape index (κ1) is 11.4. The van der Waals surface area contributed by atoms with Gasteiger partial charge >= 0.3 is 0 Å². The van der Waals surface area contributed by atoms with Crippen LogP contribution in [0.1, 0.15) is 11.3 Å². The highest BCUT2D eigenvalue weighted by Crippen LogP contribution is 2.14. The molecule has 2 N–H and O–H groups in total. The number of fused-ring (bicyclic) bond motifs is 1. The molecule has 4 heteroatoms. The van der Waals surface area contributed by atoms with Crippen LogP contribution in [0.15, 0.2) is 41.4 Å². The Labute approximate surface area is 110 Å². The standard InChI is InChI=1S/C14H15N3S/c1-2-14-12(3-6-16-14)7-11(1)8-15-5-4-13-9-18-10-17-13/h1-3,6-7,9-10,15-16H,4-5,8H2. The van der Waals surface area contributed by atoms with Crippen molar-refractivity contribution in [3.8, 4) is 0 Å². The molecule has 0 aliphatic carbocycles. The van der Waals surface area contributed by atoms with E-state index in [1.54, 1.807) is 11.3 Å². The molecular weight excluding hydrogens is 242 g/mol. The van der Waals surface area contributed by atoms with Gasteiger partial charge in [-0.3, -0.25) is 0 Å². The molecule has 0 unspecified atom stereocenters. The molecule has 0 bridgehead atoms. The van der Waals surface area contributed by atoms with E-state index in [9.17, 15) is 0 Å². The molecule has 0 fully saturated rings. The summed E-state index contributed by atoms with van der Waals surface area (Å²) in [6, 6.07) is 8.62. The lowest BCUT2D eigenvalue weighted by molar-refractivity contribution is 0.682. The van der Waals surface area contributed by atoms with Gasteiger partial charge in [-0.05, 0) is 29.1 Å². The summed E-state index contributed by atoms with van der Waals surface area (Å²) in [7, 11) is 0. The van der Waals surface area contributed by atoms with Crippen molar-refractivity contribution in [3.63, 3.8) is 0 Å². The lowest BCUT2D eigenvalue weighted by Crippen LogP contribution is -2.16. The van der Waals surface area contributed by atoms with Gasteiger partial charge < -0.3 is 10.3 Å². The van der Waals surface area contributed by atoms with Crippen LogP contribution in [-0.2, 0) is 13.0 Å². The molecule has 1 aromatic carbocycles. The highest BCUT2D eigenvalue weighted by Gasteiger charge is 1.98. The zero-order valence-corrected chi connectivity index (χ0v) is 10.8. The van der Waals surface area contributed by atoms with Crippen LogP contribution in [0.25, 0.3) is 10.9 Å². The summed E-state index contributed by atoms with van der Waals surface area (Å²) in [6.45, 7) is 1.88. The monoisotopic (exact) mass is 257 g/mol. The van der Waals surface area contributed by atoms with Gasteiger partial charge in [0.1, 0.15) is 0 Å². The van der Waals surface area contributed by atoms with Crippen LogP contribution in [0.3, 0.4) is 0 Å². The molecule has 0 radical (unpaired) electrons. The number of aromatic nitrogens is 2. The average molecular weight is 257 g/mol. The number of benzene rings is 1. The lowest BCUT2D eigenvalue weighted by Gasteiger charge is -2.04. The predicted molar refractivity (Wildman–Crippen MR) is 75.8 cm³/mol. The van der Waals surface area contributed by atoms with Gasteiger partial charge in [-0.1, -0.05) is 6.07 Å². The number of thiazole rings is 1. The topological polar surface area (TPSA) is 40.7 Å². The molecule has 0 saturated carbocycles. The zero-order chi connectivity index (χ0) is 12.2. The van der Waals surface area contributed by atoms with E-state index in [1.807, 2.05) is 11.7 Å². The van der Waals surface area contributed by atoms with Crippen molar-refractivity contribution in [2.75, 3.05) is 6.54 Å². The van der Waals surface area contributed by atoms with Crippen LogP contribution in [0.2, 0.25) is 0 Å². The molecule has 0 aliphatic heterocycles. The first-order valence-corrected chi connectivity index (χ1v) is 7.00. The molecule has 3 rings (SSSR count). The van der Waals surface area contributed by atoms with E-state index in [0.29, 0.717) is 0 Å². The molecule has 2 aromatic heterocycles. The van der Waals surface area contributed by atoms with E-state index in [0.717, 1.165) is 19.5 Å². The van der Waals surface area contributed by atoms with Gasteiger partial charge in [0.15, 0.2) is 0 Å². The summed E-state index contributed by atoms with van der Waals surface area (Å²) in [6.07, 6.45) is 2.97. The number of H-pyrrole nitrogens is 1.